The molecule has 0 aliphatic heterocycles. The van der Waals surface area contributed by atoms with E-state index in [0.29, 0.717) is 19.8 Å². The fraction of sp³-hybridized carbons (Fsp3) is 0.350. The standard InChI is InChI=1S/C20H25NO3/c1-17-9-8-10-19(15-17)16-24-21(18(2)22)13-6-7-14-23-20-11-4-3-5-12-20/h3-5,8-12,15H,6-7,13-14,16H2,1-2H3. The molecule has 0 radical (unpaired) electrons. The number of amides is 1. The highest BCUT2D eigenvalue weighted by Gasteiger charge is 2.09. The van der Waals surface area contributed by atoms with E-state index in [1.165, 1.54) is 17.6 Å². The topological polar surface area (TPSA) is 38.8 Å². The molecule has 2 aromatic carbocycles. The van der Waals surface area contributed by atoms with Crippen molar-refractivity contribution in [2.45, 2.75) is 33.3 Å². The third kappa shape index (κ3) is 6.42. The molecular weight excluding hydrogens is 302 g/mol. The normalized spacial score (nSPS) is 10.4. The molecule has 0 aliphatic carbocycles. The van der Waals surface area contributed by atoms with Crippen LogP contribution in [-0.4, -0.2) is 24.1 Å². The number of para-hydroxylation sites is 1. The minimum Gasteiger partial charge on any atom is -0.494 e. The minimum atomic E-state index is -0.0772. The van der Waals surface area contributed by atoms with Crippen LogP contribution in [0, 0.1) is 6.92 Å². The maximum Gasteiger partial charge on any atom is 0.243 e. The smallest absolute Gasteiger partial charge is 0.243 e. The maximum atomic E-state index is 11.7. The molecule has 0 atom stereocenters. The number of carbonyl (C=O) groups is 1. The van der Waals surface area contributed by atoms with Crippen molar-refractivity contribution in [2.24, 2.45) is 0 Å². The number of hydrogen-bond donors (Lipinski definition) is 0. The predicted molar refractivity (Wildman–Crippen MR) is 94.5 cm³/mol. The van der Waals surface area contributed by atoms with E-state index in [0.717, 1.165) is 24.2 Å². The van der Waals surface area contributed by atoms with Gasteiger partial charge in [0.25, 0.3) is 0 Å². The number of hydroxylamine groups is 2. The largest absolute Gasteiger partial charge is 0.494 e. The van der Waals surface area contributed by atoms with E-state index in [4.69, 9.17) is 9.57 Å². The van der Waals surface area contributed by atoms with Crippen molar-refractivity contribution < 1.29 is 14.4 Å². The molecule has 0 N–H and O–H groups in total. The van der Waals surface area contributed by atoms with Gasteiger partial charge in [0.1, 0.15) is 12.4 Å². The van der Waals surface area contributed by atoms with Crippen molar-refractivity contribution in [1.82, 2.24) is 5.06 Å². The molecule has 0 aromatic heterocycles. The van der Waals surface area contributed by atoms with Gasteiger partial charge in [-0.2, -0.15) is 0 Å². The molecular formula is C20H25NO3. The van der Waals surface area contributed by atoms with Gasteiger partial charge in [0.15, 0.2) is 0 Å². The minimum absolute atomic E-state index is 0.0772. The van der Waals surface area contributed by atoms with E-state index in [1.807, 2.05) is 55.5 Å². The fourth-order valence-electron chi connectivity index (χ4n) is 2.33. The number of aryl methyl sites for hydroxylation is 1. The Hall–Kier alpha value is -2.33. The average Bonchev–Trinajstić information content (AvgIpc) is 2.58. The summed E-state index contributed by atoms with van der Waals surface area (Å²) in [7, 11) is 0. The molecule has 2 aromatic rings. The first-order valence-electron chi connectivity index (χ1n) is 8.29. The van der Waals surface area contributed by atoms with E-state index in [-0.39, 0.29) is 5.91 Å². The van der Waals surface area contributed by atoms with Crippen LogP contribution in [0.3, 0.4) is 0 Å². The zero-order valence-corrected chi connectivity index (χ0v) is 14.4. The molecule has 0 heterocycles. The second-order valence-corrected chi connectivity index (χ2v) is 5.75. The Kier molecular flexibility index (Phi) is 7.30. The Labute approximate surface area is 144 Å². The summed E-state index contributed by atoms with van der Waals surface area (Å²) in [6.45, 7) is 5.17. The van der Waals surface area contributed by atoms with Gasteiger partial charge in [0.2, 0.25) is 5.91 Å². The zero-order valence-electron chi connectivity index (χ0n) is 14.4. The van der Waals surface area contributed by atoms with E-state index >= 15 is 0 Å². The van der Waals surface area contributed by atoms with Gasteiger partial charge in [-0.1, -0.05) is 48.0 Å². The van der Waals surface area contributed by atoms with Crippen molar-refractivity contribution in [1.29, 1.82) is 0 Å². The quantitative estimate of drug-likeness (QED) is 0.513. The Balaban J connectivity index is 1.68. The molecule has 0 bridgehead atoms. The van der Waals surface area contributed by atoms with Gasteiger partial charge in [-0.05, 0) is 37.5 Å². The van der Waals surface area contributed by atoms with Gasteiger partial charge in [-0.25, -0.2) is 5.06 Å². The van der Waals surface area contributed by atoms with E-state index in [1.54, 1.807) is 0 Å². The second-order valence-electron chi connectivity index (χ2n) is 5.75. The molecule has 0 spiro atoms. The van der Waals surface area contributed by atoms with Crippen LogP contribution in [0.1, 0.15) is 30.9 Å². The van der Waals surface area contributed by atoms with Gasteiger partial charge in [-0.3, -0.25) is 9.63 Å². The molecule has 1 amide bonds. The first kappa shape index (κ1) is 18.0. The van der Waals surface area contributed by atoms with Crippen LogP contribution in [-0.2, 0) is 16.2 Å². The van der Waals surface area contributed by atoms with Crippen molar-refractivity contribution >= 4 is 5.91 Å². The summed E-state index contributed by atoms with van der Waals surface area (Å²) in [6.07, 6.45) is 1.70. The Morgan fingerprint density at radius 2 is 1.83 bits per heavy atom. The molecule has 0 saturated heterocycles. The highest BCUT2D eigenvalue weighted by molar-refractivity contribution is 5.71. The molecule has 0 saturated carbocycles. The number of carbonyl (C=O) groups excluding carboxylic acids is 1. The molecule has 24 heavy (non-hydrogen) atoms. The van der Waals surface area contributed by atoms with Gasteiger partial charge in [-0.15, -0.1) is 0 Å². The van der Waals surface area contributed by atoms with Crippen LogP contribution in [0.25, 0.3) is 0 Å². The molecule has 0 aliphatic rings. The lowest BCUT2D eigenvalue weighted by Gasteiger charge is -2.20. The first-order chi connectivity index (χ1) is 11.6. The first-order valence-corrected chi connectivity index (χ1v) is 8.29. The van der Waals surface area contributed by atoms with Crippen LogP contribution in [0.4, 0.5) is 0 Å². The van der Waals surface area contributed by atoms with Crippen LogP contribution in [0.2, 0.25) is 0 Å². The zero-order chi connectivity index (χ0) is 17.2. The summed E-state index contributed by atoms with van der Waals surface area (Å²) in [6, 6.07) is 17.8. The molecule has 128 valence electrons. The Morgan fingerprint density at radius 3 is 2.54 bits per heavy atom. The van der Waals surface area contributed by atoms with E-state index in [2.05, 4.69) is 6.07 Å². The summed E-state index contributed by atoms with van der Waals surface area (Å²) in [5.74, 6) is 0.795. The number of ether oxygens (including phenoxy) is 1. The Bertz CT molecular complexity index is 628. The third-order valence-electron chi connectivity index (χ3n) is 3.59. The van der Waals surface area contributed by atoms with Crippen molar-refractivity contribution in [3.63, 3.8) is 0 Å². The van der Waals surface area contributed by atoms with Crippen LogP contribution in [0.5, 0.6) is 5.75 Å². The number of hydrogen-bond acceptors (Lipinski definition) is 3. The lowest BCUT2D eigenvalue weighted by atomic mass is 10.1. The van der Waals surface area contributed by atoms with Gasteiger partial charge < -0.3 is 4.74 Å². The van der Waals surface area contributed by atoms with Gasteiger partial charge >= 0.3 is 0 Å². The molecule has 2 rings (SSSR count). The lowest BCUT2D eigenvalue weighted by molar-refractivity contribution is -0.189. The monoisotopic (exact) mass is 327 g/mol. The summed E-state index contributed by atoms with van der Waals surface area (Å²) in [5, 5.41) is 1.44. The number of benzene rings is 2. The number of rotatable bonds is 9. The van der Waals surface area contributed by atoms with Gasteiger partial charge in [0.05, 0.1) is 6.61 Å². The van der Waals surface area contributed by atoms with Crippen LogP contribution >= 0.6 is 0 Å². The predicted octanol–water partition coefficient (Wildman–Crippen LogP) is 4.13. The third-order valence-corrected chi connectivity index (χ3v) is 3.59. The summed E-state index contributed by atoms with van der Waals surface area (Å²) >= 11 is 0. The molecule has 4 heteroatoms. The fourth-order valence-corrected chi connectivity index (χ4v) is 2.33. The van der Waals surface area contributed by atoms with E-state index in [9.17, 15) is 4.79 Å². The summed E-state index contributed by atoms with van der Waals surface area (Å²) < 4.78 is 5.65. The number of nitrogens with zero attached hydrogens (tertiary/aromatic N) is 1. The SMILES string of the molecule is CC(=O)N(CCCCOc1ccccc1)OCc1cccc(C)c1. The average molecular weight is 327 g/mol. The van der Waals surface area contributed by atoms with Crippen molar-refractivity contribution in [2.75, 3.05) is 13.2 Å². The van der Waals surface area contributed by atoms with Crippen LogP contribution in [0.15, 0.2) is 54.6 Å². The van der Waals surface area contributed by atoms with Crippen molar-refractivity contribution in [3.8, 4) is 5.75 Å². The van der Waals surface area contributed by atoms with Crippen LogP contribution < -0.4 is 4.74 Å². The molecule has 0 unspecified atom stereocenters. The second kappa shape index (κ2) is 9.73. The maximum absolute atomic E-state index is 11.7. The highest BCUT2D eigenvalue weighted by Crippen LogP contribution is 2.10. The highest BCUT2D eigenvalue weighted by atomic mass is 16.7. The molecule has 4 nitrogen and oxygen atoms in total. The van der Waals surface area contributed by atoms with Gasteiger partial charge in [0, 0.05) is 13.5 Å². The number of unbranched alkanes of at least 4 members (excludes halogenated alkanes) is 1. The summed E-state index contributed by atoms with van der Waals surface area (Å²) in [5.41, 5.74) is 2.25. The molecule has 0 fully saturated rings. The Morgan fingerprint density at radius 1 is 1.04 bits per heavy atom. The van der Waals surface area contributed by atoms with Crippen molar-refractivity contribution in [3.05, 3.63) is 65.7 Å². The lowest BCUT2D eigenvalue weighted by Crippen LogP contribution is -2.30. The van der Waals surface area contributed by atoms with E-state index < -0.39 is 0 Å². The summed E-state index contributed by atoms with van der Waals surface area (Å²) in [4.78, 5) is 17.3.